The molecule has 0 spiro atoms. The predicted molar refractivity (Wildman–Crippen MR) is 93.7 cm³/mol. The number of aromatic amines is 1. The van der Waals surface area contributed by atoms with E-state index < -0.39 is 10.0 Å². The van der Waals surface area contributed by atoms with Crippen LogP contribution in [-0.2, 0) is 16.6 Å². The molecule has 126 valence electrons. The second-order valence-corrected chi connectivity index (χ2v) is 8.40. The maximum Gasteiger partial charge on any atom is 0.211 e. The minimum Gasteiger partial charge on any atom is -0.361 e. The third-order valence-electron chi connectivity index (χ3n) is 4.93. The first-order valence-corrected chi connectivity index (χ1v) is 10.1. The molecule has 0 saturated carbocycles. The lowest BCUT2D eigenvalue weighted by molar-refractivity contribution is 0.202. The van der Waals surface area contributed by atoms with Crippen molar-refractivity contribution in [2.45, 2.75) is 32.4 Å². The highest BCUT2D eigenvalue weighted by Crippen LogP contribution is 2.23. The molecule has 0 bridgehead atoms. The summed E-state index contributed by atoms with van der Waals surface area (Å²) in [6, 6.07) is 8.77. The van der Waals surface area contributed by atoms with Crippen LogP contribution in [0.25, 0.3) is 10.9 Å². The zero-order chi connectivity index (χ0) is 16.4. The summed E-state index contributed by atoms with van der Waals surface area (Å²) in [6.07, 6.45) is 5.13. The number of fused-ring (bicyclic) bond motifs is 1. The number of sulfonamides is 1. The highest BCUT2D eigenvalue weighted by atomic mass is 32.2. The first-order valence-electron chi connectivity index (χ1n) is 8.22. The fourth-order valence-electron chi connectivity index (χ4n) is 3.53. The molecule has 23 heavy (non-hydrogen) atoms. The van der Waals surface area contributed by atoms with Crippen LogP contribution in [0.1, 0.15) is 25.3 Å². The number of nitrogens with one attached hydrogen (secondary N) is 2. The molecule has 1 aromatic heterocycles. The zero-order valence-corrected chi connectivity index (χ0v) is 14.6. The van der Waals surface area contributed by atoms with Crippen molar-refractivity contribution in [2.75, 3.05) is 19.3 Å². The number of hydrogen-bond acceptors (Lipinski definition) is 3. The largest absolute Gasteiger partial charge is 0.361 e. The van der Waals surface area contributed by atoms with Gasteiger partial charge in [0.05, 0.1) is 6.26 Å². The monoisotopic (exact) mass is 335 g/mol. The summed E-state index contributed by atoms with van der Waals surface area (Å²) < 4.78 is 25.1. The fourth-order valence-corrected chi connectivity index (χ4v) is 4.43. The lowest BCUT2D eigenvalue weighted by Gasteiger charge is -2.37. The molecule has 0 amide bonds. The fraction of sp³-hybridized carbons (Fsp3) is 0.529. The van der Waals surface area contributed by atoms with E-state index >= 15 is 0 Å². The van der Waals surface area contributed by atoms with Crippen molar-refractivity contribution in [3.63, 3.8) is 0 Å². The molecule has 1 aliphatic rings. The summed E-state index contributed by atoms with van der Waals surface area (Å²) in [5.74, 6) is 0.365. The molecular formula is C17H25N3O2S. The van der Waals surface area contributed by atoms with Gasteiger partial charge in [0, 0.05) is 42.8 Å². The summed E-state index contributed by atoms with van der Waals surface area (Å²) in [5.41, 5.74) is 2.44. The molecule has 1 fully saturated rings. The number of piperidine rings is 1. The van der Waals surface area contributed by atoms with Gasteiger partial charge in [-0.05, 0) is 30.0 Å². The minimum absolute atomic E-state index is 0.365. The maximum absolute atomic E-state index is 11.8. The molecule has 6 heteroatoms. The molecule has 0 aliphatic carbocycles. The van der Waals surface area contributed by atoms with Crippen molar-refractivity contribution in [3.8, 4) is 0 Å². The zero-order valence-electron chi connectivity index (χ0n) is 13.7. The summed E-state index contributed by atoms with van der Waals surface area (Å²) in [5, 5.41) is 4.91. The van der Waals surface area contributed by atoms with Crippen LogP contribution in [-0.4, -0.2) is 43.1 Å². The van der Waals surface area contributed by atoms with E-state index in [1.54, 1.807) is 4.31 Å². The van der Waals surface area contributed by atoms with Gasteiger partial charge in [-0.15, -0.1) is 0 Å². The van der Waals surface area contributed by atoms with Crippen LogP contribution in [0.2, 0.25) is 0 Å². The van der Waals surface area contributed by atoms with Crippen molar-refractivity contribution in [3.05, 3.63) is 36.0 Å². The lowest BCUT2D eigenvalue weighted by Crippen LogP contribution is -2.50. The Morgan fingerprint density at radius 1 is 1.35 bits per heavy atom. The van der Waals surface area contributed by atoms with Crippen LogP contribution in [0.5, 0.6) is 0 Å². The van der Waals surface area contributed by atoms with Gasteiger partial charge in [0.2, 0.25) is 10.0 Å². The molecule has 0 unspecified atom stereocenters. The Balaban J connectivity index is 1.67. The Morgan fingerprint density at radius 3 is 2.91 bits per heavy atom. The summed E-state index contributed by atoms with van der Waals surface area (Å²) >= 11 is 0. The molecule has 1 aliphatic heterocycles. The summed E-state index contributed by atoms with van der Waals surface area (Å²) in [7, 11) is -3.08. The number of aromatic nitrogens is 1. The summed E-state index contributed by atoms with van der Waals surface area (Å²) in [4.78, 5) is 3.24. The van der Waals surface area contributed by atoms with E-state index in [9.17, 15) is 8.42 Å². The summed E-state index contributed by atoms with van der Waals surface area (Å²) in [6.45, 7) is 4.19. The number of nitrogens with zero attached hydrogens (tertiary/aromatic N) is 1. The van der Waals surface area contributed by atoms with Crippen LogP contribution >= 0.6 is 0 Å². The minimum atomic E-state index is -3.08. The molecule has 3 rings (SSSR count). The molecule has 2 heterocycles. The van der Waals surface area contributed by atoms with Gasteiger partial charge in [-0.3, -0.25) is 0 Å². The van der Waals surface area contributed by atoms with Crippen LogP contribution in [0.15, 0.2) is 30.5 Å². The maximum atomic E-state index is 11.8. The smallest absolute Gasteiger partial charge is 0.211 e. The molecule has 1 saturated heterocycles. The van der Waals surface area contributed by atoms with Crippen molar-refractivity contribution in [1.29, 1.82) is 0 Å². The van der Waals surface area contributed by atoms with E-state index in [0.29, 0.717) is 25.0 Å². The van der Waals surface area contributed by atoms with E-state index in [4.69, 9.17) is 0 Å². The molecule has 2 N–H and O–H groups in total. The van der Waals surface area contributed by atoms with E-state index in [1.807, 2.05) is 6.20 Å². The molecule has 2 atom stereocenters. The number of H-pyrrole nitrogens is 1. The Hall–Kier alpha value is -1.37. The molecule has 0 radical (unpaired) electrons. The third kappa shape index (κ3) is 3.59. The Bertz CT molecular complexity index is 769. The van der Waals surface area contributed by atoms with Crippen molar-refractivity contribution < 1.29 is 8.42 Å². The van der Waals surface area contributed by atoms with Crippen molar-refractivity contribution >= 4 is 20.9 Å². The van der Waals surface area contributed by atoms with Gasteiger partial charge in [-0.2, -0.15) is 0 Å². The van der Waals surface area contributed by atoms with Gasteiger partial charge < -0.3 is 10.3 Å². The van der Waals surface area contributed by atoms with Gasteiger partial charge in [0.25, 0.3) is 0 Å². The van der Waals surface area contributed by atoms with Crippen molar-refractivity contribution in [2.24, 2.45) is 5.92 Å². The average molecular weight is 335 g/mol. The van der Waals surface area contributed by atoms with Crippen LogP contribution in [0.4, 0.5) is 0 Å². The first-order chi connectivity index (χ1) is 11.0. The van der Waals surface area contributed by atoms with Gasteiger partial charge in [-0.1, -0.05) is 25.5 Å². The highest BCUT2D eigenvalue weighted by molar-refractivity contribution is 7.88. The predicted octanol–water partition coefficient (Wildman–Crippen LogP) is 2.32. The van der Waals surface area contributed by atoms with E-state index in [1.165, 1.54) is 17.2 Å². The Morgan fingerprint density at radius 2 is 2.17 bits per heavy atom. The number of hydrogen-bond donors (Lipinski definition) is 2. The Labute approximate surface area is 138 Å². The van der Waals surface area contributed by atoms with Gasteiger partial charge in [0.15, 0.2) is 0 Å². The Kier molecular flexibility index (Phi) is 4.75. The number of benzene rings is 1. The van der Waals surface area contributed by atoms with Crippen LogP contribution in [0.3, 0.4) is 0 Å². The van der Waals surface area contributed by atoms with E-state index in [2.05, 4.69) is 41.5 Å². The van der Waals surface area contributed by atoms with Gasteiger partial charge in [-0.25, -0.2) is 12.7 Å². The molecular weight excluding hydrogens is 310 g/mol. The topological polar surface area (TPSA) is 65.2 Å². The highest BCUT2D eigenvalue weighted by Gasteiger charge is 2.31. The lowest BCUT2D eigenvalue weighted by atomic mass is 9.91. The van der Waals surface area contributed by atoms with Gasteiger partial charge >= 0.3 is 0 Å². The SMILES string of the molecule is CC[C@H]1CN(S(C)(=O)=O)CC[C@H]1NCc1cccc2[nH]ccc12. The second kappa shape index (κ2) is 6.63. The van der Waals surface area contributed by atoms with Crippen LogP contribution < -0.4 is 5.32 Å². The normalized spacial score (nSPS) is 23.4. The first kappa shape index (κ1) is 16.5. The second-order valence-electron chi connectivity index (χ2n) is 6.42. The van der Waals surface area contributed by atoms with Gasteiger partial charge in [0.1, 0.15) is 0 Å². The quantitative estimate of drug-likeness (QED) is 0.881. The third-order valence-corrected chi connectivity index (χ3v) is 6.20. The molecule has 5 nitrogen and oxygen atoms in total. The number of rotatable bonds is 5. The molecule has 1 aromatic carbocycles. The molecule has 2 aromatic rings. The van der Waals surface area contributed by atoms with Crippen molar-refractivity contribution in [1.82, 2.24) is 14.6 Å². The van der Waals surface area contributed by atoms with E-state index in [-0.39, 0.29) is 0 Å². The standard InChI is InChI=1S/C17H25N3O2S/c1-3-13-12-20(23(2,21)22)10-8-16(13)19-11-14-5-4-6-17-15(14)7-9-18-17/h4-7,9,13,16,18-19H,3,8,10-12H2,1-2H3/t13-,16+/m0/s1. The van der Waals surface area contributed by atoms with E-state index in [0.717, 1.165) is 24.9 Å². The average Bonchev–Trinajstić information content (AvgIpc) is 3.01. The van der Waals surface area contributed by atoms with Crippen LogP contribution in [0, 0.1) is 5.92 Å².